The molecule has 0 radical (unpaired) electrons. The number of hydrogen-bond acceptors (Lipinski definition) is 5. The van der Waals surface area contributed by atoms with Gasteiger partial charge in [-0.25, -0.2) is 4.79 Å². The molecule has 1 aromatic rings. The molecule has 0 bridgehead atoms. The first-order chi connectivity index (χ1) is 10.7. The number of hydrogen-bond donors (Lipinski definition) is 1. The Hall–Kier alpha value is -1.75. The van der Waals surface area contributed by atoms with Gasteiger partial charge in [0.2, 0.25) is 0 Å². The summed E-state index contributed by atoms with van der Waals surface area (Å²) in [6, 6.07) is 4.11. The van der Waals surface area contributed by atoms with E-state index in [9.17, 15) is 4.79 Å². The number of carbonyl (C=O) groups is 1. The van der Waals surface area contributed by atoms with E-state index in [1.54, 1.807) is 7.11 Å². The SMILES string of the molecule is COc1ccc2c(c1OC)C(=O)O[C@@H]2NC1CCCCCC1. The van der Waals surface area contributed by atoms with Gasteiger partial charge in [-0.15, -0.1) is 0 Å². The molecule has 1 aromatic carbocycles. The number of esters is 1. The molecule has 1 aliphatic carbocycles. The molecule has 1 N–H and O–H groups in total. The Morgan fingerprint density at radius 2 is 1.82 bits per heavy atom. The first kappa shape index (κ1) is 15.2. The number of carbonyl (C=O) groups excluding carboxylic acids is 1. The number of rotatable bonds is 4. The van der Waals surface area contributed by atoms with Gasteiger partial charge in [0.15, 0.2) is 17.7 Å². The van der Waals surface area contributed by atoms with Gasteiger partial charge in [0.1, 0.15) is 5.56 Å². The summed E-state index contributed by atoms with van der Waals surface area (Å²) >= 11 is 0. The van der Waals surface area contributed by atoms with Gasteiger partial charge in [-0.05, 0) is 25.0 Å². The van der Waals surface area contributed by atoms with Crippen LogP contribution in [0.5, 0.6) is 11.5 Å². The van der Waals surface area contributed by atoms with Crippen LogP contribution in [0.25, 0.3) is 0 Å². The van der Waals surface area contributed by atoms with E-state index < -0.39 is 0 Å². The summed E-state index contributed by atoms with van der Waals surface area (Å²) in [5.41, 5.74) is 1.32. The first-order valence-corrected chi connectivity index (χ1v) is 7.96. The van der Waals surface area contributed by atoms with Crippen LogP contribution in [-0.2, 0) is 4.74 Å². The van der Waals surface area contributed by atoms with Crippen molar-refractivity contribution in [2.45, 2.75) is 50.8 Å². The third-order valence-corrected chi connectivity index (χ3v) is 4.53. The number of ether oxygens (including phenoxy) is 3. The fourth-order valence-corrected chi connectivity index (χ4v) is 3.38. The molecular weight excluding hydrogens is 282 g/mol. The molecule has 1 aliphatic heterocycles. The van der Waals surface area contributed by atoms with Crippen molar-refractivity contribution in [2.24, 2.45) is 0 Å². The Morgan fingerprint density at radius 1 is 1.09 bits per heavy atom. The van der Waals surface area contributed by atoms with E-state index in [0.717, 1.165) is 18.4 Å². The van der Waals surface area contributed by atoms with Gasteiger partial charge < -0.3 is 14.2 Å². The fraction of sp³-hybridized carbons (Fsp3) is 0.588. The highest BCUT2D eigenvalue weighted by molar-refractivity contribution is 5.98. The van der Waals surface area contributed by atoms with Gasteiger partial charge in [-0.1, -0.05) is 25.7 Å². The highest BCUT2D eigenvalue weighted by atomic mass is 16.6. The van der Waals surface area contributed by atoms with Crippen LogP contribution >= 0.6 is 0 Å². The maximum atomic E-state index is 12.2. The summed E-state index contributed by atoms with van der Waals surface area (Å²) in [4.78, 5) is 12.2. The molecule has 1 heterocycles. The minimum absolute atomic E-state index is 0.350. The fourth-order valence-electron chi connectivity index (χ4n) is 3.38. The third kappa shape index (κ3) is 2.77. The number of fused-ring (bicyclic) bond motifs is 1. The lowest BCUT2D eigenvalue weighted by molar-refractivity contribution is 0.0269. The Labute approximate surface area is 130 Å². The Kier molecular flexibility index (Phi) is 4.52. The second-order valence-corrected chi connectivity index (χ2v) is 5.91. The smallest absolute Gasteiger partial charge is 0.344 e. The number of nitrogens with one attached hydrogen (secondary N) is 1. The van der Waals surface area contributed by atoms with Crippen molar-refractivity contribution >= 4 is 5.97 Å². The Balaban J connectivity index is 1.84. The average molecular weight is 305 g/mol. The average Bonchev–Trinajstić information content (AvgIpc) is 2.70. The van der Waals surface area contributed by atoms with E-state index in [1.807, 2.05) is 12.1 Å². The molecule has 0 spiro atoms. The molecule has 3 rings (SSSR count). The summed E-state index contributed by atoms with van der Waals surface area (Å²) < 4.78 is 16.1. The van der Waals surface area contributed by atoms with Gasteiger partial charge >= 0.3 is 5.97 Å². The topological polar surface area (TPSA) is 56.8 Å². The van der Waals surface area contributed by atoms with Gasteiger partial charge in [0.05, 0.1) is 14.2 Å². The van der Waals surface area contributed by atoms with Crippen LogP contribution in [0, 0.1) is 0 Å². The second-order valence-electron chi connectivity index (χ2n) is 5.91. The Morgan fingerprint density at radius 3 is 2.45 bits per heavy atom. The molecule has 0 saturated heterocycles. The minimum atomic E-state index is -0.384. The molecule has 1 atom stereocenters. The maximum Gasteiger partial charge on any atom is 0.344 e. The highest BCUT2D eigenvalue weighted by Crippen LogP contribution is 2.41. The molecule has 2 aliphatic rings. The molecule has 1 saturated carbocycles. The predicted molar refractivity (Wildman–Crippen MR) is 82.3 cm³/mol. The summed E-state index contributed by atoms with van der Waals surface area (Å²) in [5, 5.41) is 3.49. The predicted octanol–water partition coefficient (Wildman–Crippen LogP) is 3.19. The number of cyclic esters (lactones) is 1. The zero-order chi connectivity index (χ0) is 15.5. The van der Waals surface area contributed by atoms with Crippen LogP contribution in [0.1, 0.15) is 60.7 Å². The van der Waals surface area contributed by atoms with Crippen molar-refractivity contribution in [1.29, 1.82) is 0 Å². The molecule has 1 fully saturated rings. The van der Waals surface area contributed by atoms with Crippen LogP contribution < -0.4 is 14.8 Å². The van der Waals surface area contributed by atoms with Crippen LogP contribution in [0.2, 0.25) is 0 Å². The summed E-state index contributed by atoms with van der Waals surface area (Å²) in [5.74, 6) is 0.653. The van der Waals surface area contributed by atoms with Crippen molar-refractivity contribution in [1.82, 2.24) is 5.32 Å². The van der Waals surface area contributed by atoms with Crippen LogP contribution in [0.3, 0.4) is 0 Å². The normalized spacial score (nSPS) is 21.9. The van der Waals surface area contributed by atoms with Crippen molar-refractivity contribution in [3.63, 3.8) is 0 Å². The van der Waals surface area contributed by atoms with Crippen LogP contribution in [-0.4, -0.2) is 26.2 Å². The van der Waals surface area contributed by atoms with Gasteiger partial charge in [-0.2, -0.15) is 0 Å². The molecule has 5 nitrogen and oxygen atoms in total. The molecule has 0 unspecified atom stereocenters. The second kappa shape index (κ2) is 6.57. The quantitative estimate of drug-likeness (QED) is 0.684. The van der Waals surface area contributed by atoms with Crippen molar-refractivity contribution in [3.05, 3.63) is 23.3 Å². The van der Waals surface area contributed by atoms with Crippen LogP contribution in [0.15, 0.2) is 12.1 Å². The van der Waals surface area contributed by atoms with E-state index in [-0.39, 0.29) is 12.2 Å². The monoisotopic (exact) mass is 305 g/mol. The van der Waals surface area contributed by atoms with Crippen LogP contribution in [0.4, 0.5) is 0 Å². The van der Waals surface area contributed by atoms with E-state index in [0.29, 0.717) is 23.1 Å². The van der Waals surface area contributed by atoms with E-state index in [1.165, 1.54) is 32.8 Å². The third-order valence-electron chi connectivity index (χ3n) is 4.53. The lowest BCUT2D eigenvalue weighted by atomic mass is 10.0. The molecule has 120 valence electrons. The largest absolute Gasteiger partial charge is 0.493 e. The number of benzene rings is 1. The lowest BCUT2D eigenvalue weighted by Crippen LogP contribution is -2.32. The molecule has 0 aromatic heterocycles. The van der Waals surface area contributed by atoms with Gasteiger partial charge in [0, 0.05) is 11.6 Å². The summed E-state index contributed by atoms with van der Waals surface area (Å²) in [6.45, 7) is 0. The summed E-state index contributed by atoms with van der Waals surface area (Å²) in [6.07, 6.45) is 6.95. The summed E-state index contributed by atoms with van der Waals surface area (Å²) in [7, 11) is 3.10. The van der Waals surface area contributed by atoms with Gasteiger partial charge in [0.25, 0.3) is 0 Å². The Bertz CT molecular complexity index is 550. The zero-order valence-electron chi connectivity index (χ0n) is 13.2. The minimum Gasteiger partial charge on any atom is -0.493 e. The highest BCUT2D eigenvalue weighted by Gasteiger charge is 2.36. The molecular formula is C17H23NO4. The molecule has 5 heteroatoms. The van der Waals surface area contributed by atoms with E-state index >= 15 is 0 Å². The van der Waals surface area contributed by atoms with Crippen molar-refractivity contribution in [3.8, 4) is 11.5 Å². The van der Waals surface area contributed by atoms with E-state index in [4.69, 9.17) is 14.2 Å². The first-order valence-electron chi connectivity index (χ1n) is 7.96. The molecule has 0 amide bonds. The van der Waals surface area contributed by atoms with E-state index in [2.05, 4.69) is 5.32 Å². The zero-order valence-corrected chi connectivity index (χ0v) is 13.2. The number of methoxy groups -OCH3 is 2. The maximum absolute atomic E-state index is 12.2. The van der Waals surface area contributed by atoms with Crippen molar-refractivity contribution in [2.75, 3.05) is 14.2 Å². The van der Waals surface area contributed by atoms with Gasteiger partial charge in [-0.3, -0.25) is 5.32 Å². The van der Waals surface area contributed by atoms with Crippen molar-refractivity contribution < 1.29 is 19.0 Å². The standard InChI is InChI=1S/C17H23NO4/c1-20-13-10-9-12-14(15(13)21-2)17(19)22-16(12)18-11-7-5-3-4-6-8-11/h9-11,16,18H,3-8H2,1-2H3/t16-/m0/s1. The lowest BCUT2D eigenvalue weighted by Gasteiger charge is -2.21. The molecule has 22 heavy (non-hydrogen) atoms.